The van der Waals surface area contributed by atoms with Crippen LogP contribution in [0.1, 0.15) is 13.8 Å². The molecule has 19 heavy (non-hydrogen) atoms. The minimum atomic E-state index is -3.71. The lowest BCUT2D eigenvalue weighted by atomic mass is 10.1. The first-order chi connectivity index (χ1) is 8.72. The maximum Gasteiger partial charge on any atom is 0.243 e. The molecule has 0 fully saturated rings. The predicted octanol–water partition coefficient (Wildman–Crippen LogP) is 0.981. The molecular weight excluding hydrogens is 268 g/mol. The fourth-order valence-electron chi connectivity index (χ4n) is 1.71. The molecule has 0 saturated carbocycles. The fourth-order valence-corrected chi connectivity index (χ4v) is 3.22. The van der Waals surface area contributed by atoms with Crippen molar-refractivity contribution >= 4 is 15.7 Å². The van der Waals surface area contributed by atoms with Crippen molar-refractivity contribution in [2.75, 3.05) is 26.6 Å². The Bertz CT molecular complexity index is 541. The van der Waals surface area contributed by atoms with Gasteiger partial charge in [-0.25, -0.2) is 13.1 Å². The number of rotatable bonds is 6. The van der Waals surface area contributed by atoms with E-state index in [-0.39, 0.29) is 17.2 Å². The van der Waals surface area contributed by atoms with E-state index in [0.29, 0.717) is 5.75 Å². The Morgan fingerprint density at radius 3 is 2.42 bits per heavy atom. The zero-order valence-corrected chi connectivity index (χ0v) is 12.4. The van der Waals surface area contributed by atoms with E-state index in [9.17, 15) is 8.42 Å². The standard InChI is InChI=1S/C12H20N2O4S/c1-12(2,8-17-3)14-19(15,16)11-6-5-9(18-4)7-10(11)13/h5-7,14H,8,13H2,1-4H3. The van der Waals surface area contributed by atoms with Crippen molar-refractivity contribution in [3.8, 4) is 5.75 Å². The van der Waals surface area contributed by atoms with Crippen molar-refractivity contribution in [2.24, 2.45) is 0 Å². The van der Waals surface area contributed by atoms with Crippen molar-refractivity contribution in [3.05, 3.63) is 18.2 Å². The van der Waals surface area contributed by atoms with Crippen LogP contribution in [-0.2, 0) is 14.8 Å². The summed E-state index contributed by atoms with van der Waals surface area (Å²) in [5.74, 6) is 0.507. The smallest absolute Gasteiger partial charge is 0.243 e. The number of nitrogens with two attached hydrogens (primary N) is 1. The average molecular weight is 288 g/mol. The van der Waals surface area contributed by atoms with E-state index in [2.05, 4.69) is 4.72 Å². The summed E-state index contributed by atoms with van der Waals surface area (Å²) in [6, 6.07) is 4.44. The van der Waals surface area contributed by atoms with Gasteiger partial charge in [0.25, 0.3) is 0 Å². The van der Waals surface area contributed by atoms with Crippen molar-refractivity contribution in [3.63, 3.8) is 0 Å². The highest BCUT2D eigenvalue weighted by Gasteiger charge is 2.27. The summed E-state index contributed by atoms with van der Waals surface area (Å²) < 4.78 is 37.0. The second-order valence-corrected chi connectivity index (χ2v) is 6.48. The van der Waals surface area contributed by atoms with E-state index >= 15 is 0 Å². The van der Waals surface area contributed by atoms with Crippen molar-refractivity contribution in [1.82, 2.24) is 4.72 Å². The summed E-state index contributed by atoms with van der Waals surface area (Å²) in [4.78, 5) is 0.0254. The molecule has 0 amide bonds. The first kappa shape index (κ1) is 15.7. The zero-order valence-electron chi connectivity index (χ0n) is 11.6. The molecule has 3 N–H and O–H groups in total. The third-order valence-corrected chi connectivity index (χ3v) is 4.19. The van der Waals surface area contributed by atoms with Gasteiger partial charge < -0.3 is 15.2 Å². The molecule has 0 atom stereocenters. The molecule has 0 saturated heterocycles. The van der Waals surface area contributed by atoms with E-state index in [4.69, 9.17) is 15.2 Å². The van der Waals surface area contributed by atoms with Gasteiger partial charge in [-0.15, -0.1) is 0 Å². The molecule has 108 valence electrons. The Hall–Kier alpha value is -1.31. The number of nitrogen functional groups attached to an aromatic ring is 1. The Morgan fingerprint density at radius 1 is 1.32 bits per heavy atom. The second-order valence-electron chi connectivity index (χ2n) is 4.83. The summed E-state index contributed by atoms with van der Waals surface area (Å²) in [6.45, 7) is 3.71. The molecule has 0 bridgehead atoms. The molecule has 0 aliphatic heterocycles. The number of methoxy groups -OCH3 is 2. The first-order valence-electron chi connectivity index (χ1n) is 5.68. The van der Waals surface area contributed by atoms with Crippen LogP contribution in [-0.4, -0.2) is 34.8 Å². The average Bonchev–Trinajstić information content (AvgIpc) is 2.26. The summed E-state index contributed by atoms with van der Waals surface area (Å²) >= 11 is 0. The van der Waals surface area contributed by atoms with Crippen LogP contribution < -0.4 is 15.2 Å². The Morgan fingerprint density at radius 2 is 1.95 bits per heavy atom. The van der Waals surface area contributed by atoms with Crippen LogP contribution in [0.15, 0.2) is 23.1 Å². The number of hydrogen-bond acceptors (Lipinski definition) is 5. The van der Waals surface area contributed by atoms with Crippen LogP contribution in [0.25, 0.3) is 0 Å². The minimum Gasteiger partial charge on any atom is -0.497 e. The van der Waals surface area contributed by atoms with Gasteiger partial charge in [-0.3, -0.25) is 0 Å². The summed E-state index contributed by atoms with van der Waals surface area (Å²) in [6.07, 6.45) is 0. The van der Waals surface area contributed by atoms with Crippen LogP contribution in [0.5, 0.6) is 5.75 Å². The van der Waals surface area contributed by atoms with Gasteiger partial charge in [0.05, 0.1) is 24.9 Å². The third-order valence-electron chi connectivity index (χ3n) is 2.42. The molecule has 0 unspecified atom stereocenters. The SMILES string of the molecule is COCC(C)(C)NS(=O)(=O)c1ccc(OC)cc1N. The highest BCUT2D eigenvalue weighted by atomic mass is 32.2. The Labute approximate surface area is 113 Å². The van der Waals surface area contributed by atoms with Crippen LogP contribution in [0, 0.1) is 0 Å². The van der Waals surface area contributed by atoms with Gasteiger partial charge in [0.15, 0.2) is 0 Å². The zero-order chi connectivity index (χ0) is 14.7. The molecule has 1 aromatic carbocycles. The molecule has 0 aliphatic carbocycles. The molecule has 0 aromatic heterocycles. The number of ether oxygens (including phenoxy) is 2. The van der Waals surface area contributed by atoms with Crippen LogP contribution in [0.4, 0.5) is 5.69 Å². The van der Waals surface area contributed by atoms with Gasteiger partial charge in [-0.1, -0.05) is 0 Å². The topological polar surface area (TPSA) is 90.6 Å². The number of sulfonamides is 1. The molecule has 7 heteroatoms. The van der Waals surface area contributed by atoms with Gasteiger partial charge >= 0.3 is 0 Å². The normalized spacial score (nSPS) is 12.4. The molecular formula is C12H20N2O4S. The molecule has 1 aromatic rings. The quantitative estimate of drug-likeness (QED) is 0.761. The summed E-state index contributed by atoms with van der Waals surface area (Å²) in [5, 5.41) is 0. The number of nitrogens with one attached hydrogen (secondary N) is 1. The Kier molecular flexibility index (Phi) is 4.78. The van der Waals surface area contributed by atoms with Crippen LogP contribution in [0.3, 0.4) is 0 Å². The maximum atomic E-state index is 12.3. The second kappa shape index (κ2) is 5.77. The van der Waals surface area contributed by atoms with Crippen molar-refractivity contribution in [2.45, 2.75) is 24.3 Å². The molecule has 0 aliphatic rings. The lowest BCUT2D eigenvalue weighted by Crippen LogP contribution is -2.46. The van der Waals surface area contributed by atoms with E-state index in [1.54, 1.807) is 19.9 Å². The van der Waals surface area contributed by atoms with Gasteiger partial charge in [-0.05, 0) is 26.0 Å². The molecule has 1 rings (SSSR count). The molecule has 0 heterocycles. The van der Waals surface area contributed by atoms with Crippen molar-refractivity contribution < 1.29 is 17.9 Å². The molecule has 0 radical (unpaired) electrons. The van der Waals surface area contributed by atoms with Gasteiger partial charge in [-0.2, -0.15) is 0 Å². The minimum absolute atomic E-state index is 0.0254. The fraction of sp³-hybridized carbons (Fsp3) is 0.500. The predicted molar refractivity (Wildman–Crippen MR) is 73.7 cm³/mol. The summed E-state index contributed by atoms with van der Waals surface area (Å²) in [5.41, 5.74) is 5.16. The highest BCUT2D eigenvalue weighted by Crippen LogP contribution is 2.24. The highest BCUT2D eigenvalue weighted by molar-refractivity contribution is 7.89. The van der Waals surface area contributed by atoms with E-state index in [1.165, 1.54) is 26.4 Å². The van der Waals surface area contributed by atoms with E-state index in [0.717, 1.165) is 0 Å². The van der Waals surface area contributed by atoms with E-state index < -0.39 is 15.6 Å². The van der Waals surface area contributed by atoms with Gasteiger partial charge in [0, 0.05) is 13.2 Å². The van der Waals surface area contributed by atoms with Crippen molar-refractivity contribution in [1.29, 1.82) is 0 Å². The lowest BCUT2D eigenvalue weighted by Gasteiger charge is -2.25. The molecule has 0 spiro atoms. The third kappa shape index (κ3) is 4.09. The first-order valence-corrected chi connectivity index (χ1v) is 7.16. The van der Waals surface area contributed by atoms with E-state index in [1.807, 2.05) is 0 Å². The Balaban J connectivity index is 3.07. The van der Waals surface area contributed by atoms with Gasteiger partial charge in [0.2, 0.25) is 10.0 Å². The summed E-state index contributed by atoms with van der Waals surface area (Å²) in [7, 11) is -0.706. The number of anilines is 1. The number of hydrogen-bond donors (Lipinski definition) is 2. The lowest BCUT2D eigenvalue weighted by molar-refractivity contribution is 0.141. The monoisotopic (exact) mass is 288 g/mol. The molecule has 6 nitrogen and oxygen atoms in total. The van der Waals surface area contributed by atoms with Gasteiger partial charge in [0.1, 0.15) is 10.6 Å². The number of benzene rings is 1. The maximum absolute atomic E-state index is 12.3. The van der Waals surface area contributed by atoms with Crippen LogP contribution >= 0.6 is 0 Å². The van der Waals surface area contributed by atoms with Crippen LogP contribution in [0.2, 0.25) is 0 Å². The largest absolute Gasteiger partial charge is 0.497 e.